The van der Waals surface area contributed by atoms with E-state index >= 15 is 0 Å². The van der Waals surface area contributed by atoms with Gasteiger partial charge < -0.3 is 21.5 Å². The molecule has 0 rings (SSSR count). The Balaban J connectivity index is 3.54. The first-order chi connectivity index (χ1) is 5.70. The van der Waals surface area contributed by atoms with E-state index in [0.717, 1.165) is 0 Å². The third-order valence-electron chi connectivity index (χ3n) is 1.53. The molecule has 0 aromatic rings. The highest BCUT2D eigenvalue weighted by Gasteiger charge is 2.04. The van der Waals surface area contributed by atoms with E-state index in [1.807, 2.05) is 4.90 Å². The molecule has 0 amide bonds. The highest BCUT2D eigenvalue weighted by Crippen LogP contribution is 1.89. The minimum Gasteiger partial charge on any atom is -0.481 e. The topological polar surface area (TPSA) is 92.6 Å². The predicted molar refractivity (Wildman–Crippen MR) is 46.8 cm³/mol. The van der Waals surface area contributed by atoms with Gasteiger partial charge in [-0.15, -0.1) is 0 Å². The van der Waals surface area contributed by atoms with Crippen molar-refractivity contribution in [1.29, 1.82) is 0 Å². The maximum Gasteiger partial charge on any atom is 0.304 e. The molecule has 0 spiro atoms. The molecule has 0 radical (unpaired) electrons. The van der Waals surface area contributed by atoms with Crippen molar-refractivity contribution in [2.45, 2.75) is 6.42 Å². The van der Waals surface area contributed by atoms with Crippen LogP contribution in [0.2, 0.25) is 0 Å². The molecule has 0 aliphatic heterocycles. The van der Waals surface area contributed by atoms with Crippen LogP contribution in [0.15, 0.2) is 0 Å². The lowest BCUT2D eigenvalue weighted by molar-refractivity contribution is -0.137. The molecule has 5 heteroatoms. The summed E-state index contributed by atoms with van der Waals surface area (Å²) in [6.45, 7) is 3.04. The van der Waals surface area contributed by atoms with Crippen molar-refractivity contribution >= 4 is 5.97 Å². The summed E-state index contributed by atoms with van der Waals surface area (Å²) >= 11 is 0. The molecule has 0 saturated heterocycles. The van der Waals surface area contributed by atoms with Crippen LogP contribution in [0.1, 0.15) is 6.42 Å². The van der Waals surface area contributed by atoms with Crippen LogP contribution in [0.5, 0.6) is 0 Å². The first-order valence-corrected chi connectivity index (χ1v) is 4.05. The minimum absolute atomic E-state index is 0.153. The maximum absolute atomic E-state index is 10.2. The Morgan fingerprint density at radius 3 is 2.00 bits per heavy atom. The highest BCUT2D eigenvalue weighted by atomic mass is 16.4. The third kappa shape index (κ3) is 6.09. The van der Waals surface area contributed by atoms with Gasteiger partial charge in [0.15, 0.2) is 0 Å². The molecule has 0 bridgehead atoms. The molecule has 0 aromatic carbocycles. The number of carboxylic acid groups (broad SMARTS) is 1. The fraction of sp³-hybridized carbons (Fsp3) is 0.857. The van der Waals surface area contributed by atoms with Crippen LogP contribution in [0.4, 0.5) is 0 Å². The van der Waals surface area contributed by atoms with Gasteiger partial charge in [-0.3, -0.25) is 4.79 Å². The predicted octanol–water partition coefficient (Wildman–Crippen LogP) is -1.32. The van der Waals surface area contributed by atoms with Crippen molar-refractivity contribution in [3.05, 3.63) is 0 Å². The monoisotopic (exact) mass is 175 g/mol. The molecular formula is C7H17N3O2. The van der Waals surface area contributed by atoms with Gasteiger partial charge in [0.2, 0.25) is 0 Å². The van der Waals surface area contributed by atoms with Crippen LogP contribution < -0.4 is 11.5 Å². The molecule has 5 N–H and O–H groups in total. The van der Waals surface area contributed by atoms with Crippen LogP contribution in [0.3, 0.4) is 0 Å². The van der Waals surface area contributed by atoms with Crippen molar-refractivity contribution in [3.8, 4) is 0 Å². The van der Waals surface area contributed by atoms with Crippen LogP contribution in [-0.2, 0) is 4.79 Å². The normalized spacial score (nSPS) is 10.6. The molecular weight excluding hydrogens is 158 g/mol. The number of carbonyl (C=O) groups is 1. The molecule has 0 aliphatic rings. The van der Waals surface area contributed by atoms with Crippen LogP contribution in [-0.4, -0.2) is 48.7 Å². The van der Waals surface area contributed by atoms with Crippen LogP contribution >= 0.6 is 0 Å². The van der Waals surface area contributed by atoms with Gasteiger partial charge in [0.05, 0.1) is 6.42 Å². The van der Waals surface area contributed by atoms with E-state index in [1.54, 1.807) is 0 Å². The zero-order valence-corrected chi connectivity index (χ0v) is 7.20. The third-order valence-corrected chi connectivity index (χ3v) is 1.53. The Bertz CT molecular complexity index is 124. The van der Waals surface area contributed by atoms with Crippen molar-refractivity contribution in [1.82, 2.24) is 4.90 Å². The van der Waals surface area contributed by atoms with E-state index in [4.69, 9.17) is 16.6 Å². The average molecular weight is 175 g/mol. The summed E-state index contributed by atoms with van der Waals surface area (Å²) in [7, 11) is 0. The van der Waals surface area contributed by atoms with Gasteiger partial charge in [0.25, 0.3) is 0 Å². The summed E-state index contributed by atoms with van der Waals surface area (Å²) in [4.78, 5) is 12.2. The first kappa shape index (κ1) is 11.4. The average Bonchev–Trinajstić information content (AvgIpc) is 2.01. The largest absolute Gasteiger partial charge is 0.481 e. The quantitative estimate of drug-likeness (QED) is 0.446. The molecule has 0 fully saturated rings. The summed E-state index contributed by atoms with van der Waals surface area (Å²) in [6.07, 6.45) is 0.153. The fourth-order valence-electron chi connectivity index (χ4n) is 0.954. The number of hydrogen-bond acceptors (Lipinski definition) is 4. The molecule has 0 saturated carbocycles. The second-order valence-electron chi connectivity index (χ2n) is 2.56. The Morgan fingerprint density at radius 1 is 1.17 bits per heavy atom. The van der Waals surface area contributed by atoms with E-state index in [-0.39, 0.29) is 6.42 Å². The van der Waals surface area contributed by atoms with Crippen LogP contribution in [0, 0.1) is 0 Å². The van der Waals surface area contributed by atoms with Gasteiger partial charge in [-0.1, -0.05) is 0 Å². The molecule has 72 valence electrons. The zero-order chi connectivity index (χ0) is 9.40. The Labute approximate surface area is 72.3 Å². The van der Waals surface area contributed by atoms with Crippen molar-refractivity contribution in [3.63, 3.8) is 0 Å². The zero-order valence-electron chi connectivity index (χ0n) is 7.20. The maximum atomic E-state index is 10.2. The lowest BCUT2D eigenvalue weighted by Gasteiger charge is -2.19. The Morgan fingerprint density at radius 2 is 1.67 bits per heavy atom. The SMILES string of the molecule is NCCN(CCN)CCC(=O)O. The van der Waals surface area contributed by atoms with Gasteiger partial charge >= 0.3 is 5.97 Å². The number of nitrogens with zero attached hydrogens (tertiary/aromatic N) is 1. The lowest BCUT2D eigenvalue weighted by Crippen LogP contribution is -2.35. The first-order valence-electron chi connectivity index (χ1n) is 4.05. The Kier molecular flexibility index (Phi) is 6.64. The molecule has 0 atom stereocenters. The molecule has 0 aliphatic carbocycles. The van der Waals surface area contributed by atoms with E-state index in [9.17, 15) is 4.79 Å². The minimum atomic E-state index is -0.783. The van der Waals surface area contributed by atoms with Crippen molar-refractivity contribution in [2.24, 2.45) is 11.5 Å². The number of nitrogens with two attached hydrogens (primary N) is 2. The summed E-state index contributed by atoms with van der Waals surface area (Å²) in [6, 6.07) is 0. The van der Waals surface area contributed by atoms with Gasteiger partial charge in [-0.05, 0) is 0 Å². The summed E-state index contributed by atoms with van der Waals surface area (Å²) in [5, 5.41) is 8.41. The Hall–Kier alpha value is -0.650. The molecule has 0 unspecified atom stereocenters. The number of hydrogen-bond donors (Lipinski definition) is 3. The summed E-state index contributed by atoms with van der Waals surface area (Å²) < 4.78 is 0. The fourth-order valence-corrected chi connectivity index (χ4v) is 0.954. The van der Waals surface area contributed by atoms with Gasteiger partial charge in [-0.2, -0.15) is 0 Å². The van der Waals surface area contributed by atoms with Crippen LogP contribution in [0.25, 0.3) is 0 Å². The number of carboxylic acids is 1. The molecule has 12 heavy (non-hydrogen) atoms. The van der Waals surface area contributed by atoms with E-state index in [1.165, 1.54) is 0 Å². The molecule has 0 aromatic heterocycles. The summed E-state index contributed by atoms with van der Waals surface area (Å²) in [5.74, 6) is -0.783. The number of rotatable bonds is 7. The van der Waals surface area contributed by atoms with Gasteiger partial charge in [-0.25, -0.2) is 0 Å². The van der Waals surface area contributed by atoms with Gasteiger partial charge in [0, 0.05) is 32.7 Å². The lowest BCUT2D eigenvalue weighted by atomic mass is 10.3. The van der Waals surface area contributed by atoms with Crippen molar-refractivity contribution < 1.29 is 9.90 Å². The molecule has 0 heterocycles. The highest BCUT2D eigenvalue weighted by molar-refractivity contribution is 5.66. The van der Waals surface area contributed by atoms with E-state index in [2.05, 4.69) is 0 Å². The number of aliphatic carboxylic acids is 1. The van der Waals surface area contributed by atoms with E-state index < -0.39 is 5.97 Å². The second kappa shape index (κ2) is 7.02. The van der Waals surface area contributed by atoms with Crippen molar-refractivity contribution in [2.75, 3.05) is 32.7 Å². The van der Waals surface area contributed by atoms with E-state index in [0.29, 0.717) is 32.7 Å². The smallest absolute Gasteiger partial charge is 0.304 e. The molecule has 5 nitrogen and oxygen atoms in total. The van der Waals surface area contributed by atoms with Gasteiger partial charge in [0.1, 0.15) is 0 Å². The summed E-state index contributed by atoms with van der Waals surface area (Å²) in [5.41, 5.74) is 10.7. The second-order valence-corrected chi connectivity index (χ2v) is 2.56. The standard InChI is InChI=1S/C7H17N3O2/c8-2-5-10(6-3-9)4-1-7(11)12/h1-6,8-9H2,(H,11,12).